The molecule has 0 bridgehead atoms. The van der Waals surface area contributed by atoms with Gasteiger partial charge in [0.2, 0.25) is 5.91 Å². The number of carbonyl (C=O) groups is 3. The standard InChI is InChI=1S/C21H32N2O6/c1-14(2)17(23-20(26)29-21(3,4)5)18(24)22-16(19(25)27-6)13-28-12-15-10-8-7-9-11-15/h7-11,14,16-17H,12-13H2,1-6H3,(H,22,24)(H,23,26). The minimum atomic E-state index is -1.00. The predicted molar refractivity (Wildman–Crippen MR) is 108 cm³/mol. The third-order valence-corrected chi connectivity index (χ3v) is 3.82. The van der Waals surface area contributed by atoms with Crippen LogP contribution in [-0.2, 0) is 30.4 Å². The van der Waals surface area contributed by atoms with Crippen molar-refractivity contribution in [3.63, 3.8) is 0 Å². The van der Waals surface area contributed by atoms with E-state index in [2.05, 4.69) is 10.6 Å². The molecule has 0 aliphatic heterocycles. The van der Waals surface area contributed by atoms with Gasteiger partial charge in [0.05, 0.1) is 20.3 Å². The molecule has 1 rings (SSSR count). The van der Waals surface area contributed by atoms with Crippen molar-refractivity contribution in [1.82, 2.24) is 10.6 Å². The lowest BCUT2D eigenvalue weighted by Gasteiger charge is -2.26. The minimum absolute atomic E-state index is 0.0649. The van der Waals surface area contributed by atoms with Crippen LogP contribution in [0.2, 0.25) is 0 Å². The average molecular weight is 408 g/mol. The van der Waals surface area contributed by atoms with E-state index in [4.69, 9.17) is 14.2 Å². The van der Waals surface area contributed by atoms with Gasteiger partial charge in [0.15, 0.2) is 6.04 Å². The molecule has 0 heterocycles. The van der Waals surface area contributed by atoms with Gasteiger partial charge < -0.3 is 24.8 Å². The smallest absolute Gasteiger partial charge is 0.408 e. The van der Waals surface area contributed by atoms with Gasteiger partial charge in [0.25, 0.3) is 0 Å². The summed E-state index contributed by atoms with van der Waals surface area (Å²) in [6.07, 6.45) is -0.707. The van der Waals surface area contributed by atoms with E-state index in [1.807, 2.05) is 30.3 Å². The zero-order chi connectivity index (χ0) is 22.0. The molecule has 0 saturated carbocycles. The van der Waals surface area contributed by atoms with Crippen molar-refractivity contribution in [3.8, 4) is 0 Å². The topological polar surface area (TPSA) is 103 Å². The fourth-order valence-corrected chi connectivity index (χ4v) is 2.41. The quantitative estimate of drug-likeness (QED) is 0.608. The maximum atomic E-state index is 12.7. The highest BCUT2D eigenvalue weighted by Gasteiger charge is 2.30. The first-order valence-electron chi connectivity index (χ1n) is 9.53. The second kappa shape index (κ2) is 11.4. The van der Waals surface area contributed by atoms with Crippen LogP contribution < -0.4 is 10.6 Å². The van der Waals surface area contributed by atoms with Crippen LogP contribution in [0.25, 0.3) is 0 Å². The normalized spacial score (nSPS) is 13.3. The highest BCUT2D eigenvalue weighted by Crippen LogP contribution is 2.09. The van der Waals surface area contributed by atoms with Crippen molar-refractivity contribution in [1.29, 1.82) is 0 Å². The third kappa shape index (κ3) is 9.43. The number of ether oxygens (including phenoxy) is 3. The van der Waals surface area contributed by atoms with Crippen LogP contribution in [0.4, 0.5) is 4.79 Å². The Morgan fingerprint density at radius 1 is 1.03 bits per heavy atom. The lowest BCUT2D eigenvalue weighted by Crippen LogP contribution is -2.55. The Balaban J connectivity index is 2.72. The second-order valence-electron chi connectivity index (χ2n) is 7.95. The molecule has 0 aliphatic rings. The van der Waals surface area contributed by atoms with Crippen molar-refractivity contribution in [3.05, 3.63) is 35.9 Å². The van der Waals surface area contributed by atoms with Crippen LogP contribution in [0.3, 0.4) is 0 Å². The summed E-state index contributed by atoms with van der Waals surface area (Å²) < 4.78 is 15.5. The molecule has 162 valence electrons. The molecular formula is C21H32N2O6. The van der Waals surface area contributed by atoms with E-state index in [9.17, 15) is 14.4 Å². The summed E-state index contributed by atoms with van der Waals surface area (Å²) in [5.74, 6) is -1.39. The van der Waals surface area contributed by atoms with E-state index in [-0.39, 0.29) is 19.1 Å². The SMILES string of the molecule is COC(=O)C(COCc1ccccc1)NC(=O)C(NC(=O)OC(C)(C)C)C(C)C. The molecule has 2 unspecified atom stereocenters. The number of alkyl carbamates (subject to hydrolysis) is 1. The van der Waals surface area contributed by atoms with Crippen molar-refractivity contribution in [2.45, 2.75) is 58.9 Å². The summed E-state index contributed by atoms with van der Waals surface area (Å²) in [7, 11) is 1.23. The van der Waals surface area contributed by atoms with Gasteiger partial charge in [-0.25, -0.2) is 9.59 Å². The van der Waals surface area contributed by atoms with E-state index >= 15 is 0 Å². The molecule has 1 aromatic rings. The maximum absolute atomic E-state index is 12.7. The molecule has 0 radical (unpaired) electrons. The molecule has 29 heavy (non-hydrogen) atoms. The Morgan fingerprint density at radius 3 is 2.17 bits per heavy atom. The minimum Gasteiger partial charge on any atom is -0.467 e. The second-order valence-corrected chi connectivity index (χ2v) is 7.95. The molecule has 2 atom stereocenters. The number of hydrogen-bond donors (Lipinski definition) is 2. The van der Waals surface area contributed by atoms with Crippen LogP contribution in [0.1, 0.15) is 40.2 Å². The molecule has 1 aromatic carbocycles. The van der Waals surface area contributed by atoms with Crippen LogP contribution in [0.5, 0.6) is 0 Å². The number of nitrogens with one attached hydrogen (secondary N) is 2. The summed E-state index contributed by atoms with van der Waals surface area (Å²) in [6, 6.07) is 7.56. The predicted octanol–water partition coefficient (Wildman–Crippen LogP) is 2.41. The summed E-state index contributed by atoms with van der Waals surface area (Å²) in [4.78, 5) is 36.8. The molecule has 0 saturated heterocycles. The van der Waals surface area contributed by atoms with Gasteiger partial charge in [-0.1, -0.05) is 44.2 Å². The zero-order valence-electron chi connectivity index (χ0n) is 18.0. The largest absolute Gasteiger partial charge is 0.467 e. The summed E-state index contributed by atoms with van der Waals surface area (Å²) in [6.45, 7) is 8.97. The fourth-order valence-electron chi connectivity index (χ4n) is 2.41. The van der Waals surface area contributed by atoms with E-state index in [1.165, 1.54) is 7.11 Å². The number of carbonyl (C=O) groups excluding carboxylic acids is 3. The highest BCUT2D eigenvalue weighted by atomic mass is 16.6. The Labute approximate surface area is 172 Å². The van der Waals surface area contributed by atoms with E-state index in [0.29, 0.717) is 0 Å². The molecule has 0 aromatic heterocycles. The number of benzene rings is 1. The highest BCUT2D eigenvalue weighted by molar-refractivity contribution is 5.89. The Kier molecular flexibility index (Phi) is 9.61. The van der Waals surface area contributed by atoms with Crippen LogP contribution >= 0.6 is 0 Å². The van der Waals surface area contributed by atoms with Crippen molar-refractivity contribution >= 4 is 18.0 Å². The summed E-state index contributed by atoms with van der Waals surface area (Å²) in [5, 5.41) is 5.15. The molecule has 8 nitrogen and oxygen atoms in total. The van der Waals surface area contributed by atoms with Gasteiger partial charge in [0.1, 0.15) is 11.6 Å². The van der Waals surface area contributed by atoms with Gasteiger partial charge in [-0.15, -0.1) is 0 Å². The molecule has 0 spiro atoms. The summed E-state index contributed by atoms with van der Waals surface area (Å²) in [5.41, 5.74) is 0.246. The number of amides is 2. The van der Waals surface area contributed by atoms with Gasteiger partial charge >= 0.3 is 12.1 Å². The number of methoxy groups -OCH3 is 1. The van der Waals surface area contributed by atoms with Crippen LogP contribution in [0.15, 0.2) is 30.3 Å². The van der Waals surface area contributed by atoms with Gasteiger partial charge in [-0.3, -0.25) is 4.79 Å². The Bertz CT molecular complexity index is 669. The number of hydrogen-bond acceptors (Lipinski definition) is 6. The first kappa shape index (κ1) is 24.4. The maximum Gasteiger partial charge on any atom is 0.408 e. The van der Waals surface area contributed by atoms with Crippen molar-refractivity contribution in [2.75, 3.05) is 13.7 Å². The Hall–Kier alpha value is -2.61. The summed E-state index contributed by atoms with van der Waals surface area (Å²) >= 11 is 0. The van der Waals surface area contributed by atoms with Crippen molar-refractivity contribution in [2.24, 2.45) is 5.92 Å². The van der Waals surface area contributed by atoms with E-state index in [0.717, 1.165) is 5.56 Å². The van der Waals surface area contributed by atoms with Crippen LogP contribution in [-0.4, -0.2) is 49.4 Å². The number of esters is 1. The first-order valence-corrected chi connectivity index (χ1v) is 9.53. The van der Waals surface area contributed by atoms with Gasteiger partial charge in [-0.2, -0.15) is 0 Å². The van der Waals surface area contributed by atoms with Crippen molar-refractivity contribution < 1.29 is 28.6 Å². The molecule has 8 heteroatoms. The van der Waals surface area contributed by atoms with Gasteiger partial charge in [-0.05, 0) is 32.3 Å². The fraction of sp³-hybridized carbons (Fsp3) is 0.571. The lowest BCUT2D eigenvalue weighted by atomic mass is 10.0. The first-order chi connectivity index (χ1) is 13.5. The third-order valence-electron chi connectivity index (χ3n) is 3.82. The van der Waals surface area contributed by atoms with E-state index in [1.54, 1.807) is 34.6 Å². The average Bonchev–Trinajstić information content (AvgIpc) is 2.63. The molecule has 0 aliphatic carbocycles. The molecular weight excluding hydrogens is 376 g/mol. The lowest BCUT2D eigenvalue weighted by molar-refractivity contribution is -0.147. The van der Waals surface area contributed by atoms with E-state index < -0.39 is 35.7 Å². The molecule has 2 amide bonds. The molecule has 2 N–H and O–H groups in total. The van der Waals surface area contributed by atoms with Crippen LogP contribution in [0, 0.1) is 5.92 Å². The van der Waals surface area contributed by atoms with Gasteiger partial charge in [0, 0.05) is 0 Å². The monoisotopic (exact) mass is 408 g/mol. The molecule has 0 fully saturated rings. The number of rotatable bonds is 9. The Morgan fingerprint density at radius 2 is 1.66 bits per heavy atom. The zero-order valence-corrected chi connectivity index (χ0v) is 18.0.